The van der Waals surface area contributed by atoms with Crippen LogP contribution in [0.5, 0.6) is 0 Å². The lowest BCUT2D eigenvalue weighted by atomic mass is 10.2. The van der Waals surface area contributed by atoms with Crippen molar-refractivity contribution < 1.29 is 9.53 Å². The van der Waals surface area contributed by atoms with Crippen molar-refractivity contribution in [3.63, 3.8) is 0 Å². The van der Waals surface area contributed by atoms with Gasteiger partial charge in [0, 0.05) is 25.3 Å². The fraction of sp³-hybridized carbons (Fsp3) is 0.550. The highest BCUT2D eigenvalue weighted by Crippen LogP contribution is 2.27. The van der Waals surface area contributed by atoms with Crippen LogP contribution in [0, 0.1) is 12.8 Å². The van der Waals surface area contributed by atoms with Crippen molar-refractivity contribution in [2.75, 3.05) is 36.5 Å². The number of rotatable bonds is 7. The van der Waals surface area contributed by atoms with Crippen LogP contribution in [0.4, 0.5) is 11.6 Å². The zero-order valence-corrected chi connectivity index (χ0v) is 17.8. The maximum atomic E-state index is 12.6. The molecule has 0 spiro atoms. The first-order chi connectivity index (χ1) is 13.4. The molecule has 0 bridgehead atoms. The molecule has 1 amide bonds. The molecule has 0 radical (unpaired) electrons. The van der Waals surface area contributed by atoms with Crippen LogP contribution in [-0.4, -0.2) is 52.2 Å². The number of hydrogen-bond donors (Lipinski definition) is 1. The maximum Gasteiger partial charge on any atom is 0.237 e. The van der Waals surface area contributed by atoms with Gasteiger partial charge in [-0.05, 0) is 31.9 Å². The molecule has 3 rings (SSSR count). The number of aromatic nitrogens is 3. The molecule has 1 saturated heterocycles. The Morgan fingerprint density at radius 2 is 1.86 bits per heavy atom. The topological polar surface area (TPSA) is 72.3 Å². The number of thioether (sulfide) groups is 1. The molecule has 1 aromatic heterocycles. The van der Waals surface area contributed by atoms with E-state index in [0.29, 0.717) is 19.1 Å². The van der Waals surface area contributed by atoms with Crippen LogP contribution in [0.3, 0.4) is 0 Å². The first-order valence-electron chi connectivity index (χ1n) is 9.74. The summed E-state index contributed by atoms with van der Waals surface area (Å²) in [4.78, 5) is 14.8. The van der Waals surface area contributed by atoms with Gasteiger partial charge >= 0.3 is 0 Å². The number of amides is 1. The number of morpholine rings is 1. The van der Waals surface area contributed by atoms with Gasteiger partial charge in [0.1, 0.15) is 0 Å². The molecular formula is C20H29N5O2S. The van der Waals surface area contributed by atoms with E-state index >= 15 is 0 Å². The second kappa shape index (κ2) is 9.43. The standard InChI is InChI=1S/C20H29N5O2S/c1-14(2)13-25-19(24-9-11-27-12-10-24)22-23-20(25)28-16(4)18(26)21-17-7-5-15(3)6-8-17/h5-8,14,16H,9-13H2,1-4H3,(H,21,26). The summed E-state index contributed by atoms with van der Waals surface area (Å²) in [6.07, 6.45) is 0. The number of anilines is 2. The molecule has 1 aromatic carbocycles. The van der Waals surface area contributed by atoms with Crippen LogP contribution < -0.4 is 10.2 Å². The van der Waals surface area contributed by atoms with Crippen molar-refractivity contribution in [3.8, 4) is 0 Å². The van der Waals surface area contributed by atoms with Gasteiger partial charge in [0.05, 0.1) is 18.5 Å². The number of nitrogens with one attached hydrogen (secondary N) is 1. The number of hydrogen-bond acceptors (Lipinski definition) is 6. The Morgan fingerprint density at radius 3 is 2.50 bits per heavy atom. The van der Waals surface area contributed by atoms with Crippen LogP contribution in [0.25, 0.3) is 0 Å². The summed E-state index contributed by atoms with van der Waals surface area (Å²) in [6, 6.07) is 7.81. The Kier molecular flexibility index (Phi) is 6.96. The highest BCUT2D eigenvalue weighted by molar-refractivity contribution is 8.00. The zero-order chi connectivity index (χ0) is 20.1. The van der Waals surface area contributed by atoms with E-state index in [4.69, 9.17) is 4.74 Å². The zero-order valence-electron chi connectivity index (χ0n) is 17.0. The SMILES string of the molecule is Cc1ccc(NC(=O)C(C)Sc2nnc(N3CCOCC3)n2CC(C)C)cc1. The number of ether oxygens (including phenoxy) is 1. The van der Waals surface area contributed by atoms with Crippen molar-refractivity contribution in [3.05, 3.63) is 29.8 Å². The van der Waals surface area contributed by atoms with E-state index < -0.39 is 0 Å². The number of aryl methyl sites for hydroxylation is 1. The predicted molar refractivity (Wildman–Crippen MR) is 113 cm³/mol. The van der Waals surface area contributed by atoms with Crippen molar-refractivity contribution >= 4 is 29.3 Å². The molecule has 1 N–H and O–H groups in total. The van der Waals surface area contributed by atoms with Crippen molar-refractivity contribution in [2.24, 2.45) is 5.92 Å². The summed E-state index contributed by atoms with van der Waals surface area (Å²) in [6.45, 7) is 12.1. The summed E-state index contributed by atoms with van der Waals surface area (Å²) < 4.78 is 7.59. The van der Waals surface area contributed by atoms with E-state index in [9.17, 15) is 4.79 Å². The smallest absolute Gasteiger partial charge is 0.237 e. The van der Waals surface area contributed by atoms with Gasteiger partial charge in [-0.1, -0.05) is 43.3 Å². The van der Waals surface area contributed by atoms with E-state index in [0.717, 1.165) is 42.0 Å². The lowest BCUT2D eigenvalue weighted by molar-refractivity contribution is -0.115. The Balaban J connectivity index is 1.71. The summed E-state index contributed by atoms with van der Waals surface area (Å²) in [7, 11) is 0. The molecule has 1 unspecified atom stereocenters. The van der Waals surface area contributed by atoms with E-state index in [1.54, 1.807) is 0 Å². The van der Waals surface area contributed by atoms with Crippen LogP contribution in [-0.2, 0) is 16.1 Å². The summed E-state index contributed by atoms with van der Waals surface area (Å²) in [5.74, 6) is 1.28. The minimum atomic E-state index is -0.283. The molecule has 28 heavy (non-hydrogen) atoms. The highest BCUT2D eigenvalue weighted by atomic mass is 32.2. The average molecular weight is 404 g/mol. The Morgan fingerprint density at radius 1 is 1.18 bits per heavy atom. The first kappa shape index (κ1) is 20.7. The minimum absolute atomic E-state index is 0.0409. The molecule has 2 aromatic rings. The molecule has 8 heteroatoms. The lowest BCUT2D eigenvalue weighted by Gasteiger charge is -2.28. The third kappa shape index (κ3) is 5.26. The van der Waals surface area contributed by atoms with Crippen LogP contribution in [0.2, 0.25) is 0 Å². The molecule has 1 atom stereocenters. The van der Waals surface area contributed by atoms with Gasteiger partial charge in [-0.15, -0.1) is 10.2 Å². The molecular weight excluding hydrogens is 374 g/mol. The number of nitrogens with zero attached hydrogens (tertiary/aromatic N) is 4. The quantitative estimate of drug-likeness (QED) is 0.716. The summed E-state index contributed by atoms with van der Waals surface area (Å²) in [5.41, 5.74) is 1.97. The number of carbonyl (C=O) groups excluding carboxylic acids is 1. The van der Waals surface area contributed by atoms with E-state index in [1.165, 1.54) is 11.8 Å². The van der Waals surface area contributed by atoms with E-state index in [2.05, 4.69) is 38.8 Å². The van der Waals surface area contributed by atoms with Gasteiger partial charge in [0.25, 0.3) is 0 Å². The molecule has 7 nitrogen and oxygen atoms in total. The Bertz CT molecular complexity index is 784. The minimum Gasteiger partial charge on any atom is -0.378 e. The van der Waals surface area contributed by atoms with Crippen molar-refractivity contribution in [1.29, 1.82) is 0 Å². The number of benzene rings is 1. The average Bonchev–Trinajstić information content (AvgIpc) is 3.06. The molecule has 152 valence electrons. The Labute approximate surface area is 170 Å². The number of carbonyl (C=O) groups is 1. The molecule has 0 aliphatic carbocycles. The maximum absolute atomic E-state index is 12.6. The van der Waals surface area contributed by atoms with Crippen molar-refractivity contribution in [1.82, 2.24) is 14.8 Å². The first-order valence-corrected chi connectivity index (χ1v) is 10.6. The van der Waals surface area contributed by atoms with Crippen LogP contribution in [0.1, 0.15) is 26.3 Å². The molecule has 1 fully saturated rings. The summed E-state index contributed by atoms with van der Waals surface area (Å²) in [5, 5.41) is 12.3. The van der Waals surface area contributed by atoms with Crippen molar-refractivity contribution in [2.45, 2.75) is 44.6 Å². The second-order valence-corrected chi connectivity index (χ2v) is 8.81. The van der Waals surface area contributed by atoms with Crippen LogP contribution >= 0.6 is 11.8 Å². The fourth-order valence-corrected chi connectivity index (χ4v) is 3.84. The van der Waals surface area contributed by atoms with Crippen LogP contribution in [0.15, 0.2) is 29.4 Å². The molecule has 0 saturated carbocycles. The van der Waals surface area contributed by atoms with Gasteiger partial charge in [0.2, 0.25) is 11.9 Å². The third-order valence-electron chi connectivity index (χ3n) is 4.51. The van der Waals surface area contributed by atoms with Gasteiger partial charge in [0.15, 0.2) is 5.16 Å². The van der Waals surface area contributed by atoms with Gasteiger partial charge in [-0.3, -0.25) is 9.36 Å². The third-order valence-corrected chi connectivity index (χ3v) is 5.59. The molecule has 2 heterocycles. The molecule has 1 aliphatic heterocycles. The van der Waals surface area contributed by atoms with E-state index in [1.807, 2.05) is 38.1 Å². The predicted octanol–water partition coefficient (Wildman–Crippen LogP) is 3.20. The lowest BCUT2D eigenvalue weighted by Crippen LogP contribution is -2.38. The highest BCUT2D eigenvalue weighted by Gasteiger charge is 2.24. The second-order valence-electron chi connectivity index (χ2n) is 7.50. The summed E-state index contributed by atoms with van der Waals surface area (Å²) >= 11 is 1.45. The van der Waals surface area contributed by atoms with E-state index in [-0.39, 0.29) is 11.2 Å². The normalized spacial score (nSPS) is 15.7. The Hall–Kier alpha value is -2.06. The van der Waals surface area contributed by atoms with Gasteiger partial charge in [-0.2, -0.15) is 0 Å². The van der Waals surface area contributed by atoms with Gasteiger partial charge < -0.3 is 15.0 Å². The monoisotopic (exact) mass is 403 g/mol. The fourth-order valence-electron chi connectivity index (χ4n) is 2.98. The van der Waals surface area contributed by atoms with Gasteiger partial charge in [-0.25, -0.2) is 0 Å². The largest absolute Gasteiger partial charge is 0.378 e. The molecule has 1 aliphatic rings.